The zero-order valence-corrected chi connectivity index (χ0v) is 7.62. The van der Waals surface area contributed by atoms with E-state index in [1.54, 1.807) is 0 Å². The number of hydrogen-bond acceptors (Lipinski definition) is 0. The smallest absolute Gasteiger partial charge is 0.207 e. The minimum absolute atomic E-state index is 0.118. The van der Waals surface area contributed by atoms with Crippen molar-refractivity contribution in [3.8, 4) is 0 Å². The molecular formula is C10H18F2. The van der Waals surface area contributed by atoms with E-state index in [0.29, 0.717) is 12.8 Å². The van der Waals surface area contributed by atoms with E-state index in [-0.39, 0.29) is 12.8 Å². The first-order valence-electron chi connectivity index (χ1n) is 5.09. The summed E-state index contributed by atoms with van der Waals surface area (Å²) in [6.07, 6.45) is 7.20. The van der Waals surface area contributed by atoms with Crippen LogP contribution in [0.15, 0.2) is 0 Å². The molecule has 0 aromatic carbocycles. The van der Waals surface area contributed by atoms with E-state index in [1.807, 2.05) is 0 Å². The lowest BCUT2D eigenvalue weighted by Gasteiger charge is -2.17. The summed E-state index contributed by atoms with van der Waals surface area (Å²) < 4.78 is 25.9. The fraction of sp³-hybridized carbons (Fsp3) is 1.00. The van der Waals surface area contributed by atoms with Crippen molar-refractivity contribution in [3.63, 3.8) is 0 Å². The van der Waals surface area contributed by atoms with Crippen LogP contribution in [0.5, 0.6) is 0 Å². The average Bonchev–Trinajstić information content (AvgIpc) is 2.02. The van der Waals surface area contributed by atoms with Crippen LogP contribution in [0.4, 0.5) is 8.78 Å². The highest BCUT2D eigenvalue weighted by molar-refractivity contribution is 4.67. The standard InChI is InChI=1S/C10H18F2/c11-10(12)8-6-4-2-1-3-5-7-9-10/h1-9H2. The highest BCUT2D eigenvalue weighted by Crippen LogP contribution is 2.29. The van der Waals surface area contributed by atoms with Gasteiger partial charge in [0.1, 0.15) is 0 Å². The first-order valence-corrected chi connectivity index (χ1v) is 5.09. The van der Waals surface area contributed by atoms with Gasteiger partial charge in [-0.25, -0.2) is 8.78 Å². The Morgan fingerprint density at radius 2 is 0.917 bits per heavy atom. The Labute approximate surface area is 73.3 Å². The number of hydrogen-bond donors (Lipinski definition) is 0. The molecule has 0 atom stereocenters. The molecule has 1 aliphatic rings. The molecule has 0 aromatic heterocycles. The summed E-state index contributed by atoms with van der Waals surface area (Å²) in [5.41, 5.74) is 0. The average molecular weight is 176 g/mol. The van der Waals surface area contributed by atoms with Crippen LogP contribution >= 0.6 is 0 Å². The van der Waals surface area contributed by atoms with Crippen LogP contribution < -0.4 is 0 Å². The van der Waals surface area contributed by atoms with Gasteiger partial charge in [-0.3, -0.25) is 0 Å². The van der Waals surface area contributed by atoms with Gasteiger partial charge in [0, 0.05) is 12.8 Å². The van der Waals surface area contributed by atoms with Gasteiger partial charge in [0.25, 0.3) is 0 Å². The zero-order chi connectivity index (χ0) is 8.86. The Bertz CT molecular complexity index is 109. The predicted molar refractivity (Wildman–Crippen MR) is 46.5 cm³/mol. The van der Waals surface area contributed by atoms with Crippen molar-refractivity contribution in [1.82, 2.24) is 0 Å². The summed E-state index contributed by atoms with van der Waals surface area (Å²) in [6, 6.07) is 0. The molecule has 0 unspecified atom stereocenters. The van der Waals surface area contributed by atoms with Crippen molar-refractivity contribution >= 4 is 0 Å². The summed E-state index contributed by atoms with van der Waals surface area (Å²) >= 11 is 0. The molecule has 1 rings (SSSR count). The molecule has 12 heavy (non-hydrogen) atoms. The minimum Gasteiger partial charge on any atom is -0.207 e. The first-order chi connectivity index (χ1) is 5.71. The van der Waals surface area contributed by atoms with Crippen LogP contribution in [0.2, 0.25) is 0 Å². The second-order valence-corrected chi connectivity index (χ2v) is 3.83. The molecule has 0 aromatic rings. The number of alkyl halides is 2. The Morgan fingerprint density at radius 1 is 0.583 bits per heavy atom. The second kappa shape index (κ2) is 4.78. The maximum atomic E-state index is 13.0. The monoisotopic (exact) mass is 176 g/mol. The molecule has 0 nitrogen and oxygen atoms in total. The molecule has 0 heterocycles. The largest absolute Gasteiger partial charge is 0.248 e. The molecule has 72 valence electrons. The van der Waals surface area contributed by atoms with Crippen molar-refractivity contribution in [2.24, 2.45) is 0 Å². The van der Waals surface area contributed by atoms with Gasteiger partial charge in [-0.05, 0) is 12.8 Å². The van der Waals surface area contributed by atoms with Gasteiger partial charge in [0.05, 0.1) is 0 Å². The molecule has 0 N–H and O–H groups in total. The molecule has 2 heteroatoms. The normalized spacial score (nSPS) is 26.5. The fourth-order valence-electron chi connectivity index (χ4n) is 1.78. The Balaban J connectivity index is 2.27. The van der Waals surface area contributed by atoms with E-state index >= 15 is 0 Å². The summed E-state index contributed by atoms with van der Waals surface area (Å²) in [7, 11) is 0. The summed E-state index contributed by atoms with van der Waals surface area (Å²) in [4.78, 5) is 0. The molecule has 1 aliphatic carbocycles. The van der Waals surface area contributed by atoms with Gasteiger partial charge >= 0.3 is 0 Å². The highest BCUT2D eigenvalue weighted by atomic mass is 19.3. The van der Waals surface area contributed by atoms with Crippen molar-refractivity contribution in [2.75, 3.05) is 0 Å². The number of halogens is 2. The van der Waals surface area contributed by atoms with Crippen molar-refractivity contribution in [2.45, 2.75) is 63.7 Å². The molecule has 0 bridgehead atoms. The van der Waals surface area contributed by atoms with E-state index in [1.165, 1.54) is 6.42 Å². The Hall–Kier alpha value is -0.140. The van der Waals surface area contributed by atoms with Crippen LogP contribution in [0, 0.1) is 0 Å². The molecule has 0 aliphatic heterocycles. The lowest BCUT2D eigenvalue weighted by molar-refractivity contribution is -0.0214. The van der Waals surface area contributed by atoms with Crippen LogP contribution in [0.25, 0.3) is 0 Å². The Kier molecular flexibility index (Phi) is 3.96. The quantitative estimate of drug-likeness (QED) is 0.520. The third-order valence-electron chi connectivity index (χ3n) is 2.59. The lowest BCUT2D eigenvalue weighted by atomic mass is 9.99. The third-order valence-corrected chi connectivity index (χ3v) is 2.59. The van der Waals surface area contributed by atoms with Gasteiger partial charge in [-0.1, -0.05) is 32.1 Å². The molecule has 1 saturated carbocycles. The summed E-state index contributed by atoms with van der Waals surface area (Å²) in [5.74, 6) is -2.36. The van der Waals surface area contributed by atoms with Crippen LogP contribution in [-0.4, -0.2) is 5.92 Å². The maximum Gasteiger partial charge on any atom is 0.248 e. The van der Waals surface area contributed by atoms with Crippen LogP contribution in [0.3, 0.4) is 0 Å². The maximum absolute atomic E-state index is 13.0. The van der Waals surface area contributed by atoms with Gasteiger partial charge in [0.15, 0.2) is 0 Å². The summed E-state index contributed by atoms with van der Waals surface area (Å²) in [6.45, 7) is 0. The van der Waals surface area contributed by atoms with Crippen molar-refractivity contribution in [3.05, 3.63) is 0 Å². The van der Waals surface area contributed by atoms with Gasteiger partial charge in [-0.2, -0.15) is 0 Å². The molecule has 0 radical (unpaired) electrons. The zero-order valence-electron chi connectivity index (χ0n) is 7.62. The molecular weight excluding hydrogens is 158 g/mol. The van der Waals surface area contributed by atoms with E-state index < -0.39 is 5.92 Å². The second-order valence-electron chi connectivity index (χ2n) is 3.83. The van der Waals surface area contributed by atoms with E-state index in [2.05, 4.69) is 0 Å². The predicted octanol–water partition coefficient (Wildman–Crippen LogP) is 4.15. The highest BCUT2D eigenvalue weighted by Gasteiger charge is 2.27. The van der Waals surface area contributed by atoms with Crippen molar-refractivity contribution in [1.29, 1.82) is 0 Å². The fourth-order valence-corrected chi connectivity index (χ4v) is 1.78. The van der Waals surface area contributed by atoms with Crippen LogP contribution in [-0.2, 0) is 0 Å². The van der Waals surface area contributed by atoms with E-state index in [9.17, 15) is 8.78 Å². The molecule has 0 amide bonds. The molecule has 1 fully saturated rings. The molecule has 0 saturated heterocycles. The lowest BCUT2D eigenvalue weighted by Crippen LogP contribution is -2.15. The molecule has 0 spiro atoms. The van der Waals surface area contributed by atoms with Gasteiger partial charge in [-0.15, -0.1) is 0 Å². The number of rotatable bonds is 0. The van der Waals surface area contributed by atoms with Gasteiger partial charge < -0.3 is 0 Å². The van der Waals surface area contributed by atoms with E-state index in [4.69, 9.17) is 0 Å². The van der Waals surface area contributed by atoms with E-state index in [0.717, 1.165) is 25.7 Å². The Morgan fingerprint density at radius 3 is 1.33 bits per heavy atom. The topological polar surface area (TPSA) is 0 Å². The van der Waals surface area contributed by atoms with Crippen molar-refractivity contribution < 1.29 is 8.78 Å². The first kappa shape index (κ1) is 9.94. The van der Waals surface area contributed by atoms with Gasteiger partial charge in [0.2, 0.25) is 5.92 Å². The SMILES string of the molecule is FC1(F)CCCCCCCCC1. The summed E-state index contributed by atoms with van der Waals surface area (Å²) in [5, 5.41) is 0. The third kappa shape index (κ3) is 4.03. The van der Waals surface area contributed by atoms with Crippen LogP contribution in [0.1, 0.15) is 57.8 Å². The minimum atomic E-state index is -2.36.